The van der Waals surface area contributed by atoms with Gasteiger partial charge in [0.2, 0.25) is 5.88 Å². The Morgan fingerprint density at radius 2 is 2.11 bits per heavy atom. The molecule has 1 aromatic carbocycles. The van der Waals surface area contributed by atoms with E-state index in [1.165, 1.54) is 0 Å². The number of aromatic amines is 1. The van der Waals surface area contributed by atoms with Crippen LogP contribution in [0, 0.1) is 0 Å². The average Bonchev–Trinajstić information content (AvgIpc) is 2.42. The van der Waals surface area contributed by atoms with E-state index in [1.54, 1.807) is 19.2 Å². The van der Waals surface area contributed by atoms with Crippen molar-refractivity contribution in [1.82, 2.24) is 9.97 Å². The molecular formula is C14H16N2O3. The van der Waals surface area contributed by atoms with Crippen LogP contribution in [-0.4, -0.2) is 22.2 Å². The molecule has 5 heteroatoms. The van der Waals surface area contributed by atoms with E-state index in [4.69, 9.17) is 4.74 Å². The molecule has 2 rings (SSSR count). The van der Waals surface area contributed by atoms with Crippen molar-refractivity contribution in [2.45, 2.75) is 19.8 Å². The Morgan fingerprint density at radius 3 is 2.74 bits per heavy atom. The summed E-state index contributed by atoms with van der Waals surface area (Å²) in [7, 11) is 1.54. The molecule has 0 amide bonds. The first kappa shape index (κ1) is 13.1. The van der Waals surface area contributed by atoms with E-state index in [9.17, 15) is 9.90 Å². The minimum Gasteiger partial charge on any atom is -0.496 e. The van der Waals surface area contributed by atoms with Crippen molar-refractivity contribution in [1.29, 1.82) is 0 Å². The summed E-state index contributed by atoms with van der Waals surface area (Å²) >= 11 is 0. The van der Waals surface area contributed by atoms with Gasteiger partial charge < -0.3 is 14.8 Å². The number of nitrogens with one attached hydrogen (secondary N) is 1. The topological polar surface area (TPSA) is 75.2 Å². The number of ether oxygens (including phenoxy) is 1. The Hall–Kier alpha value is -2.30. The van der Waals surface area contributed by atoms with Gasteiger partial charge in [-0.1, -0.05) is 25.5 Å². The molecule has 1 heterocycles. The second kappa shape index (κ2) is 5.56. The maximum atomic E-state index is 11.9. The molecule has 0 fully saturated rings. The first-order valence-electron chi connectivity index (χ1n) is 6.13. The lowest BCUT2D eigenvalue weighted by molar-refractivity contribution is 0.415. The SMILES string of the molecule is CCCc1c(O)nc(-c2ccccc2OC)[nH]c1=O. The summed E-state index contributed by atoms with van der Waals surface area (Å²) in [5.41, 5.74) is 0.650. The minimum atomic E-state index is -0.310. The zero-order valence-electron chi connectivity index (χ0n) is 10.9. The first-order valence-corrected chi connectivity index (χ1v) is 6.13. The van der Waals surface area contributed by atoms with Crippen LogP contribution in [0.2, 0.25) is 0 Å². The Labute approximate surface area is 110 Å². The number of rotatable bonds is 4. The molecule has 0 saturated carbocycles. The predicted molar refractivity (Wildman–Crippen MR) is 72.5 cm³/mol. The highest BCUT2D eigenvalue weighted by Crippen LogP contribution is 2.27. The minimum absolute atomic E-state index is 0.216. The molecule has 5 nitrogen and oxygen atoms in total. The third-order valence-corrected chi connectivity index (χ3v) is 2.86. The molecule has 2 N–H and O–H groups in total. The van der Waals surface area contributed by atoms with E-state index < -0.39 is 0 Å². The van der Waals surface area contributed by atoms with Crippen molar-refractivity contribution in [3.63, 3.8) is 0 Å². The molecule has 19 heavy (non-hydrogen) atoms. The van der Waals surface area contributed by atoms with Gasteiger partial charge >= 0.3 is 0 Å². The van der Waals surface area contributed by atoms with Crippen LogP contribution in [0.5, 0.6) is 11.6 Å². The number of aromatic nitrogens is 2. The summed E-state index contributed by atoms with van der Waals surface area (Å²) in [5, 5.41) is 9.86. The normalized spacial score (nSPS) is 10.4. The maximum Gasteiger partial charge on any atom is 0.258 e. The van der Waals surface area contributed by atoms with Gasteiger partial charge in [0, 0.05) is 0 Å². The van der Waals surface area contributed by atoms with Crippen molar-refractivity contribution >= 4 is 0 Å². The van der Waals surface area contributed by atoms with Gasteiger partial charge in [-0.25, -0.2) is 0 Å². The first-order chi connectivity index (χ1) is 9.17. The summed E-state index contributed by atoms with van der Waals surface area (Å²) in [6, 6.07) is 7.18. The van der Waals surface area contributed by atoms with Crippen LogP contribution in [0.3, 0.4) is 0 Å². The largest absolute Gasteiger partial charge is 0.496 e. The van der Waals surface area contributed by atoms with Gasteiger partial charge in [0.25, 0.3) is 5.56 Å². The maximum absolute atomic E-state index is 11.9. The van der Waals surface area contributed by atoms with E-state index in [0.717, 1.165) is 6.42 Å². The zero-order chi connectivity index (χ0) is 13.8. The van der Waals surface area contributed by atoms with E-state index in [0.29, 0.717) is 29.1 Å². The highest BCUT2D eigenvalue weighted by atomic mass is 16.5. The number of para-hydroxylation sites is 1. The summed E-state index contributed by atoms with van der Waals surface area (Å²) in [5.74, 6) is 0.680. The van der Waals surface area contributed by atoms with E-state index in [2.05, 4.69) is 9.97 Å². The molecule has 0 radical (unpaired) electrons. The fraction of sp³-hybridized carbons (Fsp3) is 0.286. The number of nitrogens with zero attached hydrogens (tertiary/aromatic N) is 1. The number of hydrogen-bond acceptors (Lipinski definition) is 4. The average molecular weight is 260 g/mol. The number of H-pyrrole nitrogens is 1. The van der Waals surface area contributed by atoms with Gasteiger partial charge in [0.15, 0.2) is 0 Å². The number of hydrogen-bond donors (Lipinski definition) is 2. The molecule has 2 aromatic rings. The number of benzene rings is 1. The Kier molecular flexibility index (Phi) is 3.85. The van der Waals surface area contributed by atoms with E-state index in [-0.39, 0.29) is 11.4 Å². The summed E-state index contributed by atoms with van der Waals surface area (Å²) in [6.45, 7) is 1.94. The van der Waals surface area contributed by atoms with Crippen molar-refractivity contribution in [3.8, 4) is 23.0 Å². The van der Waals surface area contributed by atoms with Crippen LogP contribution in [0.15, 0.2) is 29.1 Å². The summed E-state index contributed by atoms with van der Waals surface area (Å²) < 4.78 is 5.21. The molecule has 0 spiro atoms. The third-order valence-electron chi connectivity index (χ3n) is 2.86. The Bertz CT molecular complexity index is 635. The van der Waals surface area contributed by atoms with Crippen LogP contribution in [-0.2, 0) is 6.42 Å². The second-order valence-corrected chi connectivity index (χ2v) is 4.17. The lowest BCUT2D eigenvalue weighted by atomic mass is 10.1. The molecule has 0 aliphatic rings. The van der Waals surface area contributed by atoms with E-state index in [1.807, 2.05) is 19.1 Å². The summed E-state index contributed by atoms with van der Waals surface area (Å²) in [4.78, 5) is 18.7. The molecule has 0 atom stereocenters. The molecule has 0 bridgehead atoms. The van der Waals surface area contributed by atoms with Crippen molar-refractivity contribution in [2.75, 3.05) is 7.11 Å². The standard InChI is InChI=1S/C14H16N2O3/c1-3-6-10-13(17)15-12(16-14(10)18)9-7-4-5-8-11(9)19-2/h4-5,7-8H,3,6H2,1-2H3,(H2,15,16,17,18). The lowest BCUT2D eigenvalue weighted by Crippen LogP contribution is -2.15. The molecule has 0 aliphatic heterocycles. The molecule has 1 aromatic heterocycles. The van der Waals surface area contributed by atoms with Crippen LogP contribution >= 0.6 is 0 Å². The quantitative estimate of drug-likeness (QED) is 0.882. The van der Waals surface area contributed by atoms with Crippen LogP contribution in [0.25, 0.3) is 11.4 Å². The van der Waals surface area contributed by atoms with Gasteiger partial charge in [-0.05, 0) is 18.6 Å². The fourth-order valence-electron chi connectivity index (χ4n) is 1.93. The molecule has 0 saturated heterocycles. The fourth-order valence-corrected chi connectivity index (χ4v) is 1.93. The molecular weight excluding hydrogens is 244 g/mol. The van der Waals surface area contributed by atoms with Gasteiger partial charge in [0.1, 0.15) is 11.6 Å². The van der Waals surface area contributed by atoms with Crippen molar-refractivity contribution in [3.05, 3.63) is 40.2 Å². The molecule has 100 valence electrons. The van der Waals surface area contributed by atoms with Crippen LogP contribution in [0.1, 0.15) is 18.9 Å². The zero-order valence-corrected chi connectivity index (χ0v) is 10.9. The lowest BCUT2D eigenvalue weighted by Gasteiger charge is -2.09. The van der Waals surface area contributed by atoms with Crippen molar-refractivity contribution in [2.24, 2.45) is 0 Å². The van der Waals surface area contributed by atoms with Gasteiger partial charge in [-0.3, -0.25) is 4.79 Å². The van der Waals surface area contributed by atoms with Crippen molar-refractivity contribution < 1.29 is 9.84 Å². The summed E-state index contributed by atoms with van der Waals surface area (Å²) in [6.07, 6.45) is 1.27. The van der Waals surface area contributed by atoms with Crippen LogP contribution in [0.4, 0.5) is 0 Å². The van der Waals surface area contributed by atoms with E-state index >= 15 is 0 Å². The third kappa shape index (κ3) is 2.59. The highest BCUT2D eigenvalue weighted by Gasteiger charge is 2.13. The highest BCUT2D eigenvalue weighted by molar-refractivity contribution is 5.64. The number of aromatic hydroxyl groups is 1. The van der Waals surface area contributed by atoms with Gasteiger partial charge in [-0.15, -0.1) is 0 Å². The molecule has 0 unspecified atom stereocenters. The van der Waals surface area contributed by atoms with Gasteiger partial charge in [-0.2, -0.15) is 4.98 Å². The Balaban J connectivity index is 2.55. The second-order valence-electron chi connectivity index (χ2n) is 4.17. The van der Waals surface area contributed by atoms with Gasteiger partial charge in [0.05, 0.1) is 18.2 Å². The van der Waals surface area contributed by atoms with Crippen LogP contribution < -0.4 is 10.3 Å². The smallest absolute Gasteiger partial charge is 0.258 e. The Morgan fingerprint density at radius 1 is 1.37 bits per heavy atom. The molecule has 0 aliphatic carbocycles. The predicted octanol–water partition coefficient (Wildman–Crippen LogP) is 2.10. The monoisotopic (exact) mass is 260 g/mol. The number of methoxy groups -OCH3 is 1.